The van der Waals surface area contributed by atoms with Gasteiger partial charge in [-0.05, 0) is 66.3 Å². The number of carboxylic acids is 1. The largest absolute Gasteiger partial charge is 0.493 e. The molecule has 1 amide bonds. The van der Waals surface area contributed by atoms with Gasteiger partial charge in [-0.2, -0.15) is 0 Å². The third-order valence-corrected chi connectivity index (χ3v) is 5.33. The SMILES string of the molecule is O=C(O)c1ccc(-c2ccc(CCNC(=O)c3cc(Cl)ccc3OCCCCF)cc2)cc1. The number of carbonyl (C=O) groups excluding carboxylic acids is 1. The van der Waals surface area contributed by atoms with E-state index in [9.17, 15) is 14.0 Å². The Balaban J connectivity index is 1.55. The molecule has 3 aromatic carbocycles. The maximum Gasteiger partial charge on any atom is 0.335 e. The molecule has 2 N–H and O–H groups in total. The number of alkyl halides is 1. The second kappa shape index (κ2) is 12.0. The molecule has 0 aliphatic rings. The molecule has 0 aliphatic heterocycles. The molecule has 0 aromatic heterocycles. The molecule has 172 valence electrons. The molecule has 0 radical (unpaired) electrons. The molecule has 0 bridgehead atoms. The molecule has 0 spiro atoms. The van der Waals surface area contributed by atoms with Crippen LogP contribution in [-0.4, -0.2) is 36.8 Å². The second-order valence-corrected chi connectivity index (χ2v) is 7.91. The summed E-state index contributed by atoms with van der Waals surface area (Å²) in [5.74, 6) is -0.811. The van der Waals surface area contributed by atoms with Gasteiger partial charge in [0.1, 0.15) is 5.75 Å². The lowest BCUT2D eigenvalue weighted by Gasteiger charge is -2.12. The van der Waals surface area contributed by atoms with Crippen LogP contribution in [0.3, 0.4) is 0 Å². The van der Waals surface area contributed by atoms with E-state index in [0.717, 1.165) is 16.7 Å². The topological polar surface area (TPSA) is 75.6 Å². The van der Waals surface area contributed by atoms with Gasteiger partial charge in [0.2, 0.25) is 0 Å². The van der Waals surface area contributed by atoms with E-state index in [0.29, 0.717) is 48.7 Å². The van der Waals surface area contributed by atoms with Crippen molar-refractivity contribution in [3.05, 3.63) is 88.4 Å². The number of aromatic carboxylic acids is 1. The van der Waals surface area contributed by atoms with Gasteiger partial charge in [-0.1, -0.05) is 48.0 Å². The summed E-state index contributed by atoms with van der Waals surface area (Å²) in [7, 11) is 0. The molecule has 3 rings (SSSR count). The second-order valence-electron chi connectivity index (χ2n) is 7.47. The number of ether oxygens (including phenoxy) is 1. The summed E-state index contributed by atoms with van der Waals surface area (Å²) in [5, 5.41) is 12.3. The zero-order valence-electron chi connectivity index (χ0n) is 18.0. The highest BCUT2D eigenvalue weighted by atomic mass is 35.5. The minimum atomic E-state index is -0.952. The van der Waals surface area contributed by atoms with Crippen molar-refractivity contribution in [2.45, 2.75) is 19.3 Å². The first-order valence-corrected chi connectivity index (χ1v) is 11.0. The van der Waals surface area contributed by atoms with Crippen LogP contribution >= 0.6 is 11.6 Å². The Morgan fingerprint density at radius 1 is 0.939 bits per heavy atom. The van der Waals surface area contributed by atoms with Crippen LogP contribution in [0.4, 0.5) is 4.39 Å². The van der Waals surface area contributed by atoms with Gasteiger partial charge in [0, 0.05) is 11.6 Å². The molecular formula is C26H25ClFNO4. The summed E-state index contributed by atoms with van der Waals surface area (Å²) in [6.45, 7) is 0.367. The molecule has 0 aliphatic carbocycles. The number of nitrogens with one attached hydrogen (secondary N) is 1. The van der Waals surface area contributed by atoms with Crippen LogP contribution in [0, 0.1) is 0 Å². The van der Waals surface area contributed by atoms with E-state index in [1.807, 2.05) is 24.3 Å². The number of hydrogen-bond donors (Lipinski definition) is 2. The Hall–Kier alpha value is -3.38. The van der Waals surface area contributed by atoms with Crippen LogP contribution in [-0.2, 0) is 6.42 Å². The fraction of sp³-hybridized carbons (Fsp3) is 0.231. The molecule has 0 fully saturated rings. The first kappa shape index (κ1) is 24.3. The minimum Gasteiger partial charge on any atom is -0.493 e. The van der Waals surface area contributed by atoms with Crippen LogP contribution in [0.1, 0.15) is 39.1 Å². The zero-order valence-corrected chi connectivity index (χ0v) is 18.8. The Labute approximate surface area is 197 Å². The van der Waals surface area contributed by atoms with Crippen molar-refractivity contribution < 1.29 is 23.8 Å². The lowest BCUT2D eigenvalue weighted by atomic mass is 10.0. The Morgan fingerprint density at radius 3 is 2.24 bits per heavy atom. The van der Waals surface area contributed by atoms with Gasteiger partial charge >= 0.3 is 5.97 Å². The van der Waals surface area contributed by atoms with Gasteiger partial charge in [-0.25, -0.2) is 4.79 Å². The fourth-order valence-electron chi connectivity index (χ4n) is 3.27. The third kappa shape index (κ3) is 7.05. The molecular weight excluding hydrogens is 445 g/mol. The number of carboxylic acid groups (broad SMARTS) is 1. The van der Waals surface area contributed by atoms with Gasteiger partial charge in [-0.3, -0.25) is 9.18 Å². The molecule has 7 heteroatoms. The number of amides is 1. The van der Waals surface area contributed by atoms with Crippen molar-refractivity contribution in [2.75, 3.05) is 19.8 Å². The van der Waals surface area contributed by atoms with Crippen molar-refractivity contribution in [3.8, 4) is 16.9 Å². The van der Waals surface area contributed by atoms with Crippen molar-refractivity contribution in [2.24, 2.45) is 0 Å². The van der Waals surface area contributed by atoms with Crippen LogP contribution in [0.15, 0.2) is 66.7 Å². The summed E-state index contributed by atoms with van der Waals surface area (Å²) in [4.78, 5) is 23.6. The molecule has 0 saturated heterocycles. The molecule has 5 nitrogen and oxygen atoms in total. The highest BCUT2D eigenvalue weighted by Gasteiger charge is 2.13. The summed E-state index contributed by atoms with van der Waals surface area (Å²) in [6.07, 6.45) is 1.62. The summed E-state index contributed by atoms with van der Waals surface area (Å²) in [5.41, 5.74) is 3.56. The summed E-state index contributed by atoms with van der Waals surface area (Å²) in [6, 6.07) is 19.5. The fourth-order valence-corrected chi connectivity index (χ4v) is 3.44. The van der Waals surface area contributed by atoms with Crippen molar-refractivity contribution in [3.63, 3.8) is 0 Å². The number of hydrogen-bond acceptors (Lipinski definition) is 3. The summed E-state index contributed by atoms with van der Waals surface area (Å²) >= 11 is 6.05. The smallest absolute Gasteiger partial charge is 0.335 e. The predicted molar refractivity (Wildman–Crippen MR) is 127 cm³/mol. The monoisotopic (exact) mass is 469 g/mol. The molecule has 0 atom stereocenters. The molecule has 33 heavy (non-hydrogen) atoms. The Kier molecular flexibility index (Phi) is 8.84. The highest BCUT2D eigenvalue weighted by molar-refractivity contribution is 6.31. The maximum absolute atomic E-state index is 12.7. The van der Waals surface area contributed by atoms with Gasteiger partial charge in [-0.15, -0.1) is 0 Å². The Bertz CT molecular complexity index is 1080. The molecule has 0 heterocycles. The first-order valence-electron chi connectivity index (χ1n) is 10.7. The third-order valence-electron chi connectivity index (χ3n) is 5.09. The van der Waals surface area contributed by atoms with E-state index >= 15 is 0 Å². The van der Waals surface area contributed by atoms with Crippen molar-refractivity contribution in [1.29, 1.82) is 0 Å². The van der Waals surface area contributed by atoms with Crippen LogP contribution < -0.4 is 10.1 Å². The zero-order chi connectivity index (χ0) is 23.6. The quantitative estimate of drug-likeness (QED) is 0.348. The number of halogens is 2. The predicted octanol–water partition coefficient (Wildman–Crippen LogP) is 5.81. The van der Waals surface area contributed by atoms with E-state index in [4.69, 9.17) is 21.4 Å². The van der Waals surface area contributed by atoms with E-state index in [1.165, 1.54) is 0 Å². The number of rotatable bonds is 11. The normalized spacial score (nSPS) is 10.6. The average molecular weight is 470 g/mol. The van der Waals surface area contributed by atoms with Gasteiger partial charge < -0.3 is 15.2 Å². The first-order chi connectivity index (χ1) is 16.0. The van der Waals surface area contributed by atoms with Crippen molar-refractivity contribution >= 4 is 23.5 Å². The average Bonchev–Trinajstić information content (AvgIpc) is 2.83. The molecule has 0 unspecified atom stereocenters. The van der Waals surface area contributed by atoms with E-state index in [1.54, 1.807) is 42.5 Å². The van der Waals surface area contributed by atoms with E-state index in [2.05, 4.69) is 5.32 Å². The lowest BCUT2D eigenvalue weighted by Crippen LogP contribution is -2.26. The van der Waals surface area contributed by atoms with Crippen LogP contribution in [0.25, 0.3) is 11.1 Å². The van der Waals surface area contributed by atoms with Crippen LogP contribution in [0.5, 0.6) is 5.75 Å². The standard InChI is InChI=1S/C26H25ClFNO4/c27-22-11-12-24(33-16-2-1-14-28)23(17-22)25(30)29-15-13-18-3-5-19(6-4-18)20-7-9-21(10-8-20)26(31)32/h3-12,17H,1-2,13-16H2,(H,29,30)(H,31,32). The lowest BCUT2D eigenvalue weighted by molar-refractivity contribution is 0.0696. The van der Waals surface area contributed by atoms with Crippen LogP contribution in [0.2, 0.25) is 5.02 Å². The van der Waals surface area contributed by atoms with Gasteiger partial charge in [0.25, 0.3) is 5.91 Å². The highest BCUT2D eigenvalue weighted by Crippen LogP contribution is 2.24. The van der Waals surface area contributed by atoms with Gasteiger partial charge in [0.05, 0.1) is 24.4 Å². The van der Waals surface area contributed by atoms with Crippen molar-refractivity contribution in [1.82, 2.24) is 5.32 Å². The number of benzene rings is 3. The van der Waals surface area contributed by atoms with Gasteiger partial charge in [0.15, 0.2) is 0 Å². The van der Waals surface area contributed by atoms with E-state index < -0.39 is 12.6 Å². The number of unbranched alkanes of at least 4 members (excludes halogenated alkanes) is 1. The molecule has 0 saturated carbocycles. The molecule has 3 aromatic rings. The number of carbonyl (C=O) groups is 2. The van der Waals surface area contributed by atoms with E-state index in [-0.39, 0.29) is 11.5 Å². The maximum atomic E-state index is 12.7. The summed E-state index contributed by atoms with van der Waals surface area (Å²) < 4.78 is 17.9. The Morgan fingerprint density at radius 2 is 1.61 bits per heavy atom. The minimum absolute atomic E-state index is 0.249.